The first-order valence-electron chi connectivity index (χ1n) is 11.1. The number of hydrogen-bond donors (Lipinski definition) is 3. The van der Waals surface area contributed by atoms with Crippen LogP contribution in [0.5, 0.6) is 0 Å². The topological polar surface area (TPSA) is 96.5 Å². The standard InChI is InChI=1S/C24H24ClN3O4S2/c25-16-7-5-15(6-8-16)13-17(21(30)28-23-9-1-3-19(23)32-14-18(23)29)27-22(31)24(26-10-12-34-24)20-4-2-11-33-20/h2,4-8,10-12,17,19,26H,1,3,9,13-14H2,(H,27,31)(H,28,30). The third-order valence-electron chi connectivity index (χ3n) is 6.61. The van der Waals surface area contributed by atoms with Gasteiger partial charge in [-0.1, -0.05) is 41.6 Å². The molecule has 0 radical (unpaired) electrons. The van der Waals surface area contributed by atoms with Crippen LogP contribution in [-0.2, 0) is 30.4 Å². The molecule has 2 aromatic rings. The molecule has 1 saturated heterocycles. The summed E-state index contributed by atoms with van der Waals surface area (Å²) in [5, 5.41) is 13.4. The number of thiophene rings is 1. The normalized spacial score (nSPS) is 28.4. The molecule has 3 aliphatic rings. The van der Waals surface area contributed by atoms with E-state index in [1.165, 1.54) is 23.1 Å². The summed E-state index contributed by atoms with van der Waals surface area (Å²) in [7, 11) is 0. The summed E-state index contributed by atoms with van der Waals surface area (Å²) in [6.45, 7) is 0.00682. The van der Waals surface area contributed by atoms with Crippen molar-refractivity contribution in [3.05, 3.63) is 68.8 Å². The molecule has 4 atom stereocenters. The Bertz CT molecular complexity index is 1110. The molecule has 0 bridgehead atoms. The molecule has 10 heteroatoms. The predicted octanol–water partition coefficient (Wildman–Crippen LogP) is 3.10. The maximum absolute atomic E-state index is 13.6. The van der Waals surface area contributed by atoms with Crippen molar-refractivity contribution >= 4 is 52.3 Å². The summed E-state index contributed by atoms with van der Waals surface area (Å²) >= 11 is 8.84. The number of halogens is 1. The molecule has 0 spiro atoms. The van der Waals surface area contributed by atoms with Gasteiger partial charge in [0, 0.05) is 17.6 Å². The Labute approximate surface area is 210 Å². The number of Topliss-reactive ketones (excluding diaryl/α,β-unsaturated/α-hetero) is 1. The van der Waals surface area contributed by atoms with Crippen molar-refractivity contribution in [2.75, 3.05) is 6.61 Å². The minimum Gasteiger partial charge on any atom is -0.367 e. The molecule has 3 N–H and O–H groups in total. The minimum atomic E-state index is -1.05. The van der Waals surface area contributed by atoms with Gasteiger partial charge in [-0.3, -0.25) is 14.4 Å². The van der Waals surface area contributed by atoms with Crippen LogP contribution < -0.4 is 16.0 Å². The number of rotatable bonds is 7. The molecule has 5 rings (SSSR count). The lowest BCUT2D eigenvalue weighted by molar-refractivity contribution is -0.134. The van der Waals surface area contributed by atoms with Gasteiger partial charge in [-0.15, -0.1) is 11.3 Å². The molecular formula is C24H24ClN3O4S2. The van der Waals surface area contributed by atoms with Crippen molar-refractivity contribution in [1.29, 1.82) is 0 Å². The molecule has 178 valence electrons. The summed E-state index contributed by atoms with van der Waals surface area (Å²) in [6, 6.07) is 10.0. The average Bonchev–Trinajstić information content (AvgIpc) is 3.61. The first-order valence-corrected chi connectivity index (χ1v) is 13.2. The smallest absolute Gasteiger partial charge is 0.262 e. The molecule has 1 aliphatic carbocycles. The lowest BCUT2D eigenvalue weighted by Gasteiger charge is -2.32. The molecule has 2 amide bonds. The molecule has 1 aromatic heterocycles. The van der Waals surface area contributed by atoms with E-state index in [0.717, 1.165) is 23.3 Å². The van der Waals surface area contributed by atoms with Crippen molar-refractivity contribution in [2.24, 2.45) is 0 Å². The molecule has 3 heterocycles. The fourth-order valence-electron chi connectivity index (χ4n) is 4.83. The van der Waals surface area contributed by atoms with Gasteiger partial charge < -0.3 is 20.7 Å². The number of hydrogen-bond acceptors (Lipinski definition) is 7. The van der Waals surface area contributed by atoms with E-state index in [1.54, 1.807) is 18.3 Å². The molecule has 2 aliphatic heterocycles. The molecule has 4 unspecified atom stereocenters. The van der Waals surface area contributed by atoms with Crippen LogP contribution in [0.3, 0.4) is 0 Å². The average molecular weight is 518 g/mol. The number of ether oxygens (including phenoxy) is 1. The van der Waals surface area contributed by atoms with Gasteiger partial charge in [-0.25, -0.2) is 0 Å². The zero-order valence-corrected chi connectivity index (χ0v) is 20.6. The molecular weight excluding hydrogens is 494 g/mol. The van der Waals surface area contributed by atoms with Crippen LogP contribution in [0.1, 0.15) is 29.7 Å². The minimum absolute atomic E-state index is 0.00682. The van der Waals surface area contributed by atoms with Gasteiger partial charge in [-0.2, -0.15) is 0 Å². The predicted molar refractivity (Wildman–Crippen MR) is 132 cm³/mol. The fourth-order valence-corrected chi connectivity index (χ4v) is 6.85. The maximum atomic E-state index is 13.6. The van der Waals surface area contributed by atoms with E-state index in [9.17, 15) is 14.4 Å². The number of thioether (sulfide) groups is 1. The lowest BCUT2D eigenvalue weighted by atomic mass is 9.91. The van der Waals surface area contributed by atoms with Crippen molar-refractivity contribution in [2.45, 2.75) is 48.2 Å². The van der Waals surface area contributed by atoms with Gasteiger partial charge in [0.05, 0.1) is 11.0 Å². The molecule has 1 aromatic carbocycles. The second kappa shape index (κ2) is 9.37. The van der Waals surface area contributed by atoms with Crippen molar-refractivity contribution < 1.29 is 19.1 Å². The van der Waals surface area contributed by atoms with E-state index in [4.69, 9.17) is 16.3 Å². The summed E-state index contributed by atoms with van der Waals surface area (Å²) < 4.78 is 5.65. The highest BCUT2D eigenvalue weighted by Crippen LogP contribution is 2.41. The Balaban J connectivity index is 1.41. The number of fused-ring (bicyclic) bond motifs is 1. The van der Waals surface area contributed by atoms with E-state index < -0.39 is 22.4 Å². The van der Waals surface area contributed by atoms with Crippen molar-refractivity contribution in [1.82, 2.24) is 16.0 Å². The largest absolute Gasteiger partial charge is 0.367 e. The monoisotopic (exact) mass is 517 g/mol. The third-order valence-corrected chi connectivity index (χ3v) is 9.13. The quantitative estimate of drug-likeness (QED) is 0.522. The Morgan fingerprint density at radius 3 is 2.79 bits per heavy atom. The van der Waals surface area contributed by atoms with Crippen LogP contribution in [0, 0.1) is 0 Å². The van der Waals surface area contributed by atoms with E-state index in [-0.39, 0.29) is 30.8 Å². The second-order valence-corrected chi connectivity index (χ2v) is 11.2. The lowest BCUT2D eigenvalue weighted by Crippen LogP contribution is -2.62. The van der Waals surface area contributed by atoms with E-state index in [1.807, 2.05) is 35.1 Å². The number of carbonyl (C=O) groups is 3. The first kappa shape index (κ1) is 23.4. The number of benzene rings is 1. The number of ketones is 1. The van der Waals surface area contributed by atoms with Crippen molar-refractivity contribution in [3.8, 4) is 0 Å². The molecule has 7 nitrogen and oxygen atoms in total. The van der Waals surface area contributed by atoms with E-state index in [0.29, 0.717) is 11.4 Å². The Kier molecular flexibility index (Phi) is 6.45. The van der Waals surface area contributed by atoms with E-state index in [2.05, 4.69) is 16.0 Å². The highest BCUT2D eigenvalue weighted by Gasteiger charge is 2.55. The van der Waals surface area contributed by atoms with Crippen LogP contribution in [0.4, 0.5) is 0 Å². The summed E-state index contributed by atoms with van der Waals surface area (Å²) in [5.74, 6) is -0.827. The van der Waals surface area contributed by atoms with Crippen LogP contribution in [0.15, 0.2) is 53.4 Å². The molecule has 34 heavy (non-hydrogen) atoms. The van der Waals surface area contributed by atoms with Gasteiger partial charge in [0.15, 0.2) is 5.78 Å². The molecule has 1 saturated carbocycles. The second-order valence-electron chi connectivity index (χ2n) is 8.66. The van der Waals surface area contributed by atoms with E-state index >= 15 is 0 Å². The van der Waals surface area contributed by atoms with Crippen LogP contribution >= 0.6 is 34.7 Å². The first-order chi connectivity index (χ1) is 16.4. The Morgan fingerprint density at radius 2 is 2.09 bits per heavy atom. The number of carbonyl (C=O) groups excluding carboxylic acids is 3. The zero-order chi connectivity index (χ0) is 23.8. The van der Waals surface area contributed by atoms with Gasteiger partial charge in [0.1, 0.15) is 18.2 Å². The van der Waals surface area contributed by atoms with Gasteiger partial charge in [0.2, 0.25) is 10.8 Å². The summed E-state index contributed by atoms with van der Waals surface area (Å²) in [4.78, 5) is 39.7. The SMILES string of the molecule is O=C(NC12CCCC1OCC2=O)C(Cc1ccc(Cl)cc1)NC(=O)C1(c2cccs2)NC=CS1. The zero-order valence-electron chi connectivity index (χ0n) is 18.2. The fraction of sp³-hybridized carbons (Fsp3) is 0.375. The Morgan fingerprint density at radius 1 is 1.26 bits per heavy atom. The van der Waals surface area contributed by atoms with Crippen molar-refractivity contribution in [3.63, 3.8) is 0 Å². The Hall–Kier alpha value is -2.33. The number of amides is 2. The van der Waals surface area contributed by atoms with Gasteiger partial charge in [-0.05, 0) is 53.8 Å². The number of nitrogens with one attached hydrogen (secondary N) is 3. The van der Waals surface area contributed by atoms with Gasteiger partial charge >= 0.3 is 0 Å². The highest BCUT2D eigenvalue weighted by molar-refractivity contribution is 8.04. The van der Waals surface area contributed by atoms with Gasteiger partial charge in [0.25, 0.3) is 5.91 Å². The maximum Gasteiger partial charge on any atom is 0.262 e. The van der Waals surface area contributed by atoms with Crippen LogP contribution in [0.2, 0.25) is 5.02 Å². The van der Waals surface area contributed by atoms with Crippen LogP contribution in [0.25, 0.3) is 0 Å². The highest BCUT2D eigenvalue weighted by atomic mass is 35.5. The third kappa shape index (κ3) is 4.15. The summed E-state index contributed by atoms with van der Waals surface area (Å²) in [6.07, 6.45) is 3.75. The van der Waals surface area contributed by atoms with Crippen LogP contribution in [-0.4, -0.2) is 41.9 Å². The molecule has 2 fully saturated rings. The summed E-state index contributed by atoms with van der Waals surface area (Å²) in [5.41, 5.74) is -0.164.